The van der Waals surface area contributed by atoms with Crippen molar-refractivity contribution in [2.45, 2.75) is 18.6 Å². The Kier molecular flexibility index (Phi) is 2.84. The first-order valence-corrected chi connectivity index (χ1v) is 5.19. The van der Waals surface area contributed by atoms with Crippen LogP contribution in [0, 0.1) is 0 Å². The van der Waals surface area contributed by atoms with Crippen LogP contribution in [0.25, 0.3) is 0 Å². The number of aryl methyl sites for hydroxylation is 1. The van der Waals surface area contributed by atoms with E-state index >= 15 is 0 Å². The Bertz CT molecular complexity index is 456. The number of aliphatic hydroxyl groups is 1. The third kappa shape index (κ3) is 2.01. The van der Waals surface area contributed by atoms with Crippen LogP contribution in [0.4, 0.5) is 0 Å². The molecule has 1 fully saturated rings. The SMILES string of the molecule is Cn1cncc1C(=O)N1CC(O)C[C@H]1C(=O)O. The summed E-state index contributed by atoms with van der Waals surface area (Å²) < 4.78 is 1.52. The van der Waals surface area contributed by atoms with Gasteiger partial charge >= 0.3 is 5.97 Å². The van der Waals surface area contributed by atoms with Crippen LogP contribution < -0.4 is 0 Å². The van der Waals surface area contributed by atoms with Crippen molar-refractivity contribution in [3.8, 4) is 0 Å². The Morgan fingerprint density at radius 1 is 1.53 bits per heavy atom. The van der Waals surface area contributed by atoms with Crippen molar-refractivity contribution in [3.05, 3.63) is 18.2 Å². The lowest BCUT2D eigenvalue weighted by Crippen LogP contribution is -2.41. The normalized spacial score (nSPS) is 24.0. The van der Waals surface area contributed by atoms with Gasteiger partial charge in [-0.1, -0.05) is 0 Å². The molecule has 17 heavy (non-hydrogen) atoms. The van der Waals surface area contributed by atoms with Gasteiger partial charge in [-0.15, -0.1) is 0 Å². The topological polar surface area (TPSA) is 95.7 Å². The highest BCUT2D eigenvalue weighted by Crippen LogP contribution is 2.20. The Hall–Kier alpha value is -1.89. The van der Waals surface area contributed by atoms with E-state index in [0.29, 0.717) is 5.69 Å². The minimum Gasteiger partial charge on any atom is -0.480 e. The summed E-state index contributed by atoms with van der Waals surface area (Å²) >= 11 is 0. The quantitative estimate of drug-likeness (QED) is 0.696. The fourth-order valence-corrected chi connectivity index (χ4v) is 1.98. The molecule has 0 aliphatic carbocycles. The molecule has 2 N–H and O–H groups in total. The second kappa shape index (κ2) is 4.17. The summed E-state index contributed by atoms with van der Waals surface area (Å²) in [5.41, 5.74) is 0.311. The molecule has 0 saturated carbocycles. The summed E-state index contributed by atoms with van der Waals surface area (Å²) in [6, 6.07) is -0.965. The van der Waals surface area contributed by atoms with Crippen LogP contribution in [0.5, 0.6) is 0 Å². The summed E-state index contributed by atoms with van der Waals surface area (Å²) in [6.45, 7) is 0.0426. The number of carbonyl (C=O) groups excluding carboxylic acids is 1. The van der Waals surface area contributed by atoms with Crippen molar-refractivity contribution in [1.29, 1.82) is 0 Å². The fraction of sp³-hybridized carbons (Fsp3) is 0.500. The van der Waals surface area contributed by atoms with E-state index in [-0.39, 0.29) is 13.0 Å². The van der Waals surface area contributed by atoms with Gasteiger partial charge in [0.25, 0.3) is 5.91 Å². The maximum atomic E-state index is 12.1. The van der Waals surface area contributed by atoms with Crippen LogP contribution >= 0.6 is 0 Å². The average Bonchev–Trinajstić information content (AvgIpc) is 2.83. The van der Waals surface area contributed by atoms with Gasteiger partial charge in [0.15, 0.2) is 0 Å². The van der Waals surface area contributed by atoms with Gasteiger partial charge in [-0.3, -0.25) is 4.79 Å². The smallest absolute Gasteiger partial charge is 0.326 e. The Morgan fingerprint density at radius 2 is 2.24 bits per heavy atom. The number of likely N-dealkylation sites (tertiary alicyclic amines) is 1. The van der Waals surface area contributed by atoms with Crippen molar-refractivity contribution in [1.82, 2.24) is 14.5 Å². The number of hydrogen-bond acceptors (Lipinski definition) is 4. The Morgan fingerprint density at radius 3 is 2.76 bits per heavy atom. The van der Waals surface area contributed by atoms with E-state index in [2.05, 4.69) is 4.98 Å². The number of carbonyl (C=O) groups is 2. The number of imidazole rings is 1. The van der Waals surface area contributed by atoms with Gasteiger partial charge in [-0.05, 0) is 0 Å². The molecular formula is C10H13N3O4. The van der Waals surface area contributed by atoms with E-state index in [4.69, 9.17) is 5.11 Å². The molecular weight excluding hydrogens is 226 g/mol. The van der Waals surface area contributed by atoms with Crippen LogP contribution in [0.15, 0.2) is 12.5 Å². The van der Waals surface area contributed by atoms with Crippen molar-refractivity contribution >= 4 is 11.9 Å². The molecule has 0 spiro atoms. The van der Waals surface area contributed by atoms with Gasteiger partial charge in [0.1, 0.15) is 11.7 Å². The lowest BCUT2D eigenvalue weighted by Gasteiger charge is -2.20. The minimum atomic E-state index is -1.10. The second-order valence-corrected chi connectivity index (χ2v) is 4.09. The Labute approximate surface area is 97.3 Å². The number of amides is 1. The van der Waals surface area contributed by atoms with E-state index < -0.39 is 24.0 Å². The number of carboxylic acid groups (broad SMARTS) is 1. The number of hydrogen-bond donors (Lipinski definition) is 2. The molecule has 1 aliphatic rings. The van der Waals surface area contributed by atoms with Crippen molar-refractivity contribution < 1.29 is 19.8 Å². The molecule has 1 amide bonds. The van der Waals surface area contributed by atoms with Crippen molar-refractivity contribution in [2.24, 2.45) is 7.05 Å². The molecule has 1 aromatic rings. The monoisotopic (exact) mass is 239 g/mol. The summed E-state index contributed by atoms with van der Waals surface area (Å²) in [5.74, 6) is -1.52. The molecule has 2 heterocycles. The largest absolute Gasteiger partial charge is 0.480 e. The first kappa shape index (κ1) is 11.6. The van der Waals surface area contributed by atoms with Gasteiger partial charge in [0, 0.05) is 20.0 Å². The van der Waals surface area contributed by atoms with Crippen molar-refractivity contribution in [3.63, 3.8) is 0 Å². The molecule has 0 aromatic carbocycles. The van der Waals surface area contributed by atoms with E-state index in [1.807, 2.05) is 0 Å². The highest BCUT2D eigenvalue weighted by molar-refractivity contribution is 5.95. The van der Waals surface area contributed by atoms with E-state index in [1.54, 1.807) is 7.05 Å². The molecule has 1 saturated heterocycles. The molecule has 1 aromatic heterocycles. The van der Waals surface area contributed by atoms with Crippen LogP contribution in [0.2, 0.25) is 0 Å². The third-order valence-electron chi connectivity index (χ3n) is 2.86. The number of aromatic nitrogens is 2. The minimum absolute atomic E-state index is 0.0426. The van der Waals surface area contributed by atoms with Crippen LogP contribution in [0.1, 0.15) is 16.9 Å². The molecule has 1 aliphatic heterocycles. The van der Waals surface area contributed by atoms with Gasteiger partial charge in [-0.25, -0.2) is 9.78 Å². The Balaban J connectivity index is 2.25. The summed E-state index contributed by atoms with van der Waals surface area (Å²) in [5, 5.41) is 18.4. The lowest BCUT2D eigenvalue weighted by atomic mass is 10.2. The molecule has 2 atom stereocenters. The van der Waals surface area contributed by atoms with Gasteiger partial charge in [0.05, 0.1) is 18.6 Å². The predicted molar refractivity (Wildman–Crippen MR) is 56.3 cm³/mol. The van der Waals surface area contributed by atoms with Crippen molar-refractivity contribution in [2.75, 3.05) is 6.54 Å². The zero-order chi connectivity index (χ0) is 12.6. The number of β-amino-alcohol motifs (C(OH)–C–C–N with tert-alkyl or cyclic N) is 1. The predicted octanol–water partition coefficient (Wildman–Crippen LogP) is -0.920. The van der Waals surface area contributed by atoms with E-state index in [9.17, 15) is 14.7 Å². The summed E-state index contributed by atoms with van der Waals surface area (Å²) in [7, 11) is 1.66. The highest BCUT2D eigenvalue weighted by atomic mass is 16.4. The molecule has 7 heteroatoms. The number of carboxylic acids is 1. The van der Waals surface area contributed by atoms with Crippen LogP contribution in [0.3, 0.4) is 0 Å². The lowest BCUT2D eigenvalue weighted by molar-refractivity contribution is -0.141. The highest BCUT2D eigenvalue weighted by Gasteiger charge is 2.39. The van der Waals surface area contributed by atoms with Gasteiger partial charge < -0.3 is 19.7 Å². The van der Waals surface area contributed by atoms with Crippen LogP contribution in [-0.2, 0) is 11.8 Å². The molecule has 0 bridgehead atoms. The van der Waals surface area contributed by atoms with E-state index in [0.717, 1.165) is 0 Å². The first-order chi connectivity index (χ1) is 8.00. The zero-order valence-corrected chi connectivity index (χ0v) is 9.28. The second-order valence-electron chi connectivity index (χ2n) is 4.09. The zero-order valence-electron chi connectivity index (χ0n) is 9.28. The number of aliphatic carboxylic acids is 1. The number of rotatable bonds is 2. The maximum absolute atomic E-state index is 12.1. The average molecular weight is 239 g/mol. The number of aliphatic hydroxyl groups excluding tert-OH is 1. The van der Waals surface area contributed by atoms with Gasteiger partial charge in [0.2, 0.25) is 0 Å². The first-order valence-electron chi connectivity index (χ1n) is 5.19. The molecule has 0 radical (unpaired) electrons. The fourth-order valence-electron chi connectivity index (χ4n) is 1.98. The third-order valence-corrected chi connectivity index (χ3v) is 2.86. The molecule has 1 unspecified atom stereocenters. The summed E-state index contributed by atoms with van der Waals surface area (Å²) in [6.07, 6.45) is 2.13. The summed E-state index contributed by atoms with van der Waals surface area (Å²) in [4.78, 5) is 28.0. The standard InChI is InChI=1S/C10H13N3O4/c1-12-5-11-3-8(12)9(15)13-4-6(14)2-7(13)10(16)17/h3,5-7,14H,2,4H2,1H3,(H,16,17)/t6?,7-/m0/s1. The number of nitrogens with zero attached hydrogens (tertiary/aromatic N) is 3. The van der Waals surface area contributed by atoms with E-state index in [1.165, 1.54) is 22.0 Å². The molecule has 92 valence electrons. The van der Waals surface area contributed by atoms with Crippen LogP contribution in [-0.4, -0.2) is 55.2 Å². The molecule has 2 rings (SSSR count). The molecule has 7 nitrogen and oxygen atoms in total. The van der Waals surface area contributed by atoms with Gasteiger partial charge in [-0.2, -0.15) is 0 Å². The maximum Gasteiger partial charge on any atom is 0.326 e.